The first-order valence-corrected chi connectivity index (χ1v) is 6.20. The summed E-state index contributed by atoms with van der Waals surface area (Å²) in [6.45, 7) is -0.888. The second kappa shape index (κ2) is 6.25. The zero-order chi connectivity index (χ0) is 13.6. The molecule has 0 saturated heterocycles. The third-order valence-electron chi connectivity index (χ3n) is 1.52. The van der Waals surface area contributed by atoms with Crippen molar-refractivity contribution in [3.05, 3.63) is 0 Å². The molecule has 6 N–H and O–H groups in total. The van der Waals surface area contributed by atoms with Gasteiger partial charge in [-0.25, -0.2) is 0 Å². The number of anilines is 3. The lowest BCUT2D eigenvalue weighted by Crippen LogP contribution is -2.17. The minimum Gasteiger partial charge on any atom is -0.376 e. The first-order valence-electron chi connectivity index (χ1n) is 4.59. The van der Waals surface area contributed by atoms with E-state index in [9.17, 15) is 8.42 Å². The maximum atomic E-state index is 10.5. The van der Waals surface area contributed by atoms with Crippen molar-refractivity contribution < 1.29 is 23.2 Å². The highest BCUT2D eigenvalue weighted by atomic mass is 32.2. The molecule has 0 aromatic carbocycles. The van der Waals surface area contributed by atoms with E-state index in [0.29, 0.717) is 0 Å². The van der Waals surface area contributed by atoms with Crippen LogP contribution in [-0.2, 0) is 10.1 Å². The van der Waals surface area contributed by atoms with Crippen LogP contribution in [0.3, 0.4) is 0 Å². The molecule has 1 heterocycles. The number of aromatic nitrogens is 3. The summed E-state index contributed by atoms with van der Waals surface area (Å²) in [4.78, 5) is 11.2. The summed E-state index contributed by atoms with van der Waals surface area (Å²) >= 11 is 0. The lowest BCUT2D eigenvalue weighted by atomic mass is 10.8. The Balaban J connectivity index is 2.88. The SMILES string of the molecule is O=S(=O)(O)CNc1nc(NCO)nc(NCO)n1. The van der Waals surface area contributed by atoms with Crippen molar-refractivity contribution in [3.8, 4) is 0 Å². The molecule has 1 rings (SSSR count). The minimum absolute atomic E-state index is 0.0405. The molecule has 0 atom stereocenters. The summed E-state index contributed by atoms with van der Waals surface area (Å²) in [5, 5.41) is 24.3. The predicted octanol–water partition coefficient (Wildman–Crippen LogP) is -2.15. The van der Waals surface area contributed by atoms with Gasteiger partial charge in [-0.05, 0) is 0 Å². The smallest absolute Gasteiger partial charge is 0.283 e. The molecule has 0 fully saturated rings. The Morgan fingerprint density at radius 3 is 1.61 bits per heavy atom. The van der Waals surface area contributed by atoms with Crippen LogP contribution >= 0.6 is 0 Å². The zero-order valence-corrected chi connectivity index (χ0v) is 9.85. The molecule has 0 unspecified atom stereocenters. The Bertz CT molecular complexity index is 469. The van der Waals surface area contributed by atoms with Gasteiger partial charge in [0.25, 0.3) is 10.1 Å². The van der Waals surface area contributed by atoms with Crippen molar-refractivity contribution in [2.75, 3.05) is 35.3 Å². The Morgan fingerprint density at radius 1 is 0.889 bits per heavy atom. The molecular formula is C6H12N6O5S. The molecule has 1 aromatic rings. The van der Waals surface area contributed by atoms with Crippen LogP contribution in [0.4, 0.5) is 17.8 Å². The summed E-state index contributed by atoms with van der Waals surface area (Å²) in [6, 6.07) is 0. The van der Waals surface area contributed by atoms with Gasteiger partial charge in [0.15, 0.2) is 0 Å². The second-order valence-corrected chi connectivity index (χ2v) is 4.33. The highest BCUT2D eigenvalue weighted by molar-refractivity contribution is 7.85. The van der Waals surface area contributed by atoms with Crippen LogP contribution in [0, 0.1) is 0 Å². The van der Waals surface area contributed by atoms with Crippen LogP contribution in [0.1, 0.15) is 0 Å². The molecule has 0 aliphatic carbocycles. The second-order valence-electron chi connectivity index (χ2n) is 2.88. The molecule has 0 aliphatic heterocycles. The highest BCUT2D eigenvalue weighted by Gasteiger charge is 2.09. The summed E-state index contributed by atoms with van der Waals surface area (Å²) in [5.41, 5.74) is 0. The third kappa shape index (κ3) is 5.05. The van der Waals surface area contributed by atoms with Gasteiger partial charge in [0.1, 0.15) is 19.3 Å². The van der Waals surface area contributed by atoms with Gasteiger partial charge in [-0.2, -0.15) is 23.4 Å². The van der Waals surface area contributed by atoms with E-state index in [1.165, 1.54) is 0 Å². The Hall–Kier alpha value is -1.76. The van der Waals surface area contributed by atoms with Crippen LogP contribution < -0.4 is 16.0 Å². The monoisotopic (exact) mass is 280 g/mol. The highest BCUT2D eigenvalue weighted by Crippen LogP contribution is 2.08. The van der Waals surface area contributed by atoms with Crippen molar-refractivity contribution in [2.45, 2.75) is 0 Å². The summed E-state index contributed by atoms with van der Waals surface area (Å²) in [6.07, 6.45) is 0. The van der Waals surface area contributed by atoms with Crippen molar-refractivity contribution in [1.82, 2.24) is 15.0 Å². The van der Waals surface area contributed by atoms with E-state index in [1.54, 1.807) is 0 Å². The van der Waals surface area contributed by atoms with E-state index in [2.05, 4.69) is 30.9 Å². The Kier molecular flexibility index (Phi) is 4.96. The van der Waals surface area contributed by atoms with Gasteiger partial charge >= 0.3 is 0 Å². The number of hydrogen-bond acceptors (Lipinski definition) is 10. The van der Waals surface area contributed by atoms with E-state index < -0.39 is 29.5 Å². The lowest BCUT2D eigenvalue weighted by Gasteiger charge is -2.08. The fourth-order valence-electron chi connectivity index (χ4n) is 0.910. The number of nitrogens with one attached hydrogen (secondary N) is 3. The Morgan fingerprint density at radius 2 is 1.28 bits per heavy atom. The number of aliphatic hydroxyl groups excluding tert-OH is 2. The van der Waals surface area contributed by atoms with Gasteiger partial charge < -0.3 is 26.2 Å². The molecule has 0 amide bonds. The van der Waals surface area contributed by atoms with E-state index in [-0.39, 0.29) is 17.8 Å². The van der Waals surface area contributed by atoms with Crippen LogP contribution in [0.15, 0.2) is 0 Å². The molecule has 0 bridgehead atoms. The van der Waals surface area contributed by atoms with Gasteiger partial charge in [-0.15, -0.1) is 0 Å². The van der Waals surface area contributed by atoms with Gasteiger partial charge in [-0.3, -0.25) is 4.55 Å². The number of aliphatic hydroxyl groups is 2. The fraction of sp³-hybridized carbons (Fsp3) is 0.500. The normalized spacial score (nSPS) is 11.1. The lowest BCUT2D eigenvalue weighted by molar-refractivity contribution is 0.323. The first-order chi connectivity index (χ1) is 8.44. The average molecular weight is 280 g/mol. The van der Waals surface area contributed by atoms with Crippen molar-refractivity contribution in [1.29, 1.82) is 0 Å². The predicted molar refractivity (Wildman–Crippen MR) is 61.3 cm³/mol. The van der Waals surface area contributed by atoms with Crippen LogP contribution in [-0.4, -0.2) is 57.5 Å². The van der Waals surface area contributed by atoms with Gasteiger partial charge in [0.05, 0.1) is 0 Å². The topological polar surface area (TPSA) is 170 Å². The first kappa shape index (κ1) is 14.3. The largest absolute Gasteiger partial charge is 0.376 e. The van der Waals surface area contributed by atoms with E-state index in [0.717, 1.165) is 0 Å². The molecule has 0 radical (unpaired) electrons. The fourth-order valence-corrected chi connectivity index (χ4v) is 1.22. The molecule has 0 spiro atoms. The van der Waals surface area contributed by atoms with Crippen LogP contribution in [0.5, 0.6) is 0 Å². The van der Waals surface area contributed by atoms with Crippen molar-refractivity contribution in [3.63, 3.8) is 0 Å². The van der Waals surface area contributed by atoms with Crippen molar-refractivity contribution in [2.24, 2.45) is 0 Å². The molecule has 11 nitrogen and oxygen atoms in total. The molecule has 0 aliphatic rings. The number of rotatable bonds is 7. The quantitative estimate of drug-likeness (QED) is 0.238. The molecule has 0 saturated carbocycles. The molecule has 102 valence electrons. The standard InChI is InChI=1S/C6H12N6O5S/c13-1-7-4-10-5(8-2-14)12-6(11-4)9-3-18(15,16)17/h13-14H,1-3H2,(H,15,16,17)(H3,7,8,9,10,11,12). The van der Waals surface area contributed by atoms with E-state index in [4.69, 9.17) is 14.8 Å². The van der Waals surface area contributed by atoms with Crippen LogP contribution in [0.25, 0.3) is 0 Å². The summed E-state index contributed by atoms with van der Waals surface area (Å²) in [5.74, 6) is -1.02. The summed E-state index contributed by atoms with van der Waals surface area (Å²) < 4.78 is 29.6. The molecule has 18 heavy (non-hydrogen) atoms. The van der Waals surface area contributed by atoms with E-state index >= 15 is 0 Å². The van der Waals surface area contributed by atoms with Crippen LogP contribution in [0.2, 0.25) is 0 Å². The maximum Gasteiger partial charge on any atom is 0.283 e. The van der Waals surface area contributed by atoms with Gasteiger partial charge in [0.2, 0.25) is 17.8 Å². The number of nitrogens with zero attached hydrogens (tertiary/aromatic N) is 3. The molecular weight excluding hydrogens is 268 g/mol. The maximum absolute atomic E-state index is 10.5. The number of hydrogen-bond donors (Lipinski definition) is 6. The van der Waals surface area contributed by atoms with E-state index in [1.807, 2.05) is 0 Å². The third-order valence-corrected chi connectivity index (χ3v) is 2.03. The van der Waals surface area contributed by atoms with Gasteiger partial charge in [0, 0.05) is 0 Å². The average Bonchev–Trinajstić information content (AvgIpc) is 2.26. The molecule has 12 heteroatoms. The van der Waals surface area contributed by atoms with Gasteiger partial charge in [-0.1, -0.05) is 0 Å². The minimum atomic E-state index is -4.22. The molecule has 1 aromatic heterocycles. The summed E-state index contributed by atoms with van der Waals surface area (Å²) in [7, 11) is -4.22. The Labute approximate surface area is 102 Å². The van der Waals surface area contributed by atoms with Crippen molar-refractivity contribution >= 4 is 28.0 Å². The zero-order valence-electron chi connectivity index (χ0n) is 9.03.